The fourth-order valence-corrected chi connectivity index (χ4v) is 1.87. The Hall–Kier alpha value is -1.88. The van der Waals surface area contributed by atoms with Crippen molar-refractivity contribution in [1.29, 1.82) is 0 Å². The number of rotatable bonds is 7. The number of ether oxygens (including phenoxy) is 1. The van der Waals surface area contributed by atoms with Crippen molar-refractivity contribution < 1.29 is 9.84 Å². The minimum absolute atomic E-state index is 0.108. The predicted octanol–water partition coefficient (Wildman–Crippen LogP) is 1.59. The highest BCUT2D eigenvalue weighted by Crippen LogP contribution is 2.09. The second-order valence-electron chi connectivity index (χ2n) is 4.33. The van der Waals surface area contributed by atoms with Gasteiger partial charge < -0.3 is 9.84 Å². The molecule has 0 aliphatic rings. The van der Waals surface area contributed by atoms with Gasteiger partial charge in [0.25, 0.3) is 0 Å². The zero-order valence-corrected chi connectivity index (χ0v) is 11.1. The Morgan fingerprint density at radius 2 is 2.05 bits per heavy atom. The maximum atomic E-state index is 8.90. The molecule has 1 heterocycles. The SMILES string of the molecule is Cc1c(CCO)nnn1CCCOc1ccccc1. The number of aromatic nitrogens is 3. The molecule has 0 amide bonds. The molecule has 0 atom stereocenters. The van der Waals surface area contributed by atoms with E-state index in [2.05, 4.69) is 10.3 Å². The summed E-state index contributed by atoms with van der Waals surface area (Å²) >= 11 is 0. The lowest BCUT2D eigenvalue weighted by Gasteiger charge is -2.06. The van der Waals surface area contributed by atoms with Gasteiger partial charge in [-0.15, -0.1) is 5.10 Å². The Labute approximate surface area is 112 Å². The smallest absolute Gasteiger partial charge is 0.119 e. The first kappa shape index (κ1) is 13.5. The third-order valence-electron chi connectivity index (χ3n) is 2.95. The van der Waals surface area contributed by atoms with Crippen LogP contribution in [-0.2, 0) is 13.0 Å². The number of benzene rings is 1. The Kier molecular flexibility index (Phi) is 4.92. The molecule has 0 aliphatic carbocycles. The van der Waals surface area contributed by atoms with Crippen LogP contribution in [0.5, 0.6) is 5.75 Å². The topological polar surface area (TPSA) is 60.2 Å². The number of aryl methyl sites for hydroxylation is 1. The Bertz CT molecular complexity index is 497. The fraction of sp³-hybridized carbons (Fsp3) is 0.429. The summed E-state index contributed by atoms with van der Waals surface area (Å²) in [7, 11) is 0. The summed E-state index contributed by atoms with van der Waals surface area (Å²) in [5.41, 5.74) is 1.89. The molecule has 0 spiro atoms. The normalized spacial score (nSPS) is 10.6. The summed E-state index contributed by atoms with van der Waals surface area (Å²) in [6.07, 6.45) is 1.43. The van der Waals surface area contributed by atoms with Crippen LogP contribution in [0.4, 0.5) is 0 Å². The molecule has 0 fully saturated rings. The van der Waals surface area contributed by atoms with Crippen LogP contribution in [-0.4, -0.2) is 33.3 Å². The van der Waals surface area contributed by atoms with Crippen LogP contribution in [0.3, 0.4) is 0 Å². The van der Waals surface area contributed by atoms with E-state index in [9.17, 15) is 0 Å². The van der Waals surface area contributed by atoms with Gasteiger partial charge >= 0.3 is 0 Å². The Morgan fingerprint density at radius 3 is 2.79 bits per heavy atom. The van der Waals surface area contributed by atoms with E-state index in [1.54, 1.807) is 0 Å². The van der Waals surface area contributed by atoms with E-state index in [4.69, 9.17) is 9.84 Å². The summed E-state index contributed by atoms with van der Waals surface area (Å²) < 4.78 is 7.48. The van der Waals surface area contributed by atoms with Crippen molar-refractivity contribution in [3.63, 3.8) is 0 Å². The molecule has 1 N–H and O–H groups in total. The molecule has 19 heavy (non-hydrogen) atoms. The van der Waals surface area contributed by atoms with Crippen molar-refractivity contribution in [2.75, 3.05) is 13.2 Å². The molecule has 0 saturated heterocycles. The summed E-state index contributed by atoms with van der Waals surface area (Å²) in [5.74, 6) is 0.888. The minimum atomic E-state index is 0.108. The second kappa shape index (κ2) is 6.89. The largest absolute Gasteiger partial charge is 0.494 e. The van der Waals surface area contributed by atoms with Crippen molar-refractivity contribution in [1.82, 2.24) is 15.0 Å². The number of hydrogen-bond donors (Lipinski definition) is 1. The quantitative estimate of drug-likeness (QED) is 0.769. The van der Waals surface area contributed by atoms with Gasteiger partial charge in [0.05, 0.1) is 18.0 Å². The van der Waals surface area contributed by atoms with Crippen molar-refractivity contribution >= 4 is 0 Å². The second-order valence-corrected chi connectivity index (χ2v) is 4.33. The van der Waals surface area contributed by atoms with Gasteiger partial charge in [-0.2, -0.15) is 0 Å². The number of aliphatic hydroxyl groups is 1. The van der Waals surface area contributed by atoms with Crippen LogP contribution in [0.1, 0.15) is 17.8 Å². The van der Waals surface area contributed by atoms with Gasteiger partial charge in [0.1, 0.15) is 5.75 Å². The maximum absolute atomic E-state index is 8.90. The lowest BCUT2D eigenvalue weighted by Crippen LogP contribution is -2.07. The minimum Gasteiger partial charge on any atom is -0.494 e. The first-order valence-corrected chi connectivity index (χ1v) is 6.49. The van der Waals surface area contributed by atoms with Crippen LogP contribution >= 0.6 is 0 Å². The van der Waals surface area contributed by atoms with Crippen molar-refractivity contribution in [2.24, 2.45) is 0 Å². The van der Waals surface area contributed by atoms with E-state index in [1.165, 1.54) is 0 Å². The number of para-hydroxylation sites is 1. The van der Waals surface area contributed by atoms with Gasteiger partial charge in [-0.05, 0) is 19.1 Å². The fourth-order valence-electron chi connectivity index (χ4n) is 1.87. The number of hydrogen-bond acceptors (Lipinski definition) is 4. The molecule has 1 aromatic carbocycles. The van der Waals surface area contributed by atoms with Crippen LogP contribution < -0.4 is 4.74 Å². The van der Waals surface area contributed by atoms with E-state index in [0.29, 0.717) is 13.0 Å². The average molecular weight is 261 g/mol. The van der Waals surface area contributed by atoms with Crippen LogP contribution in [0.2, 0.25) is 0 Å². The molecule has 0 saturated carbocycles. The van der Waals surface area contributed by atoms with E-state index >= 15 is 0 Å². The lowest BCUT2D eigenvalue weighted by molar-refractivity contribution is 0.296. The third kappa shape index (κ3) is 3.79. The molecular weight excluding hydrogens is 242 g/mol. The molecule has 1 aromatic heterocycles. The first-order chi connectivity index (χ1) is 9.31. The highest BCUT2D eigenvalue weighted by atomic mass is 16.5. The molecule has 5 nitrogen and oxygen atoms in total. The third-order valence-corrected chi connectivity index (χ3v) is 2.95. The van der Waals surface area contributed by atoms with Crippen LogP contribution in [0, 0.1) is 6.92 Å². The van der Waals surface area contributed by atoms with Crippen molar-refractivity contribution in [2.45, 2.75) is 26.3 Å². The summed E-state index contributed by atoms with van der Waals surface area (Å²) in [6, 6.07) is 9.77. The Balaban J connectivity index is 1.77. The number of aliphatic hydroxyl groups excluding tert-OH is 1. The first-order valence-electron chi connectivity index (χ1n) is 6.49. The van der Waals surface area contributed by atoms with Crippen molar-refractivity contribution in [3.05, 3.63) is 41.7 Å². The van der Waals surface area contributed by atoms with Gasteiger partial charge in [0, 0.05) is 26.0 Å². The van der Waals surface area contributed by atoms with E-state index in [-0.39, 0.29) is 6.61 Å². The van der Waals surface area contributed by atoms with Crippen LogP contribution in [0.15, 0.2) is 30.3 Å². The van der Waals surface area contributed by atoms with Gasteiger partial charge in [-0.1, -0.05) is 23.4 Å². The monoisotopic (exact) mass is 261 g/mol. The number of nitrogens with zero attached hydrogens (tertiary/aromatic N) is 3. The summed E-state index contributed by atoms with van der Waals surface area (Å²) in [5, 5.41) is 17.0. The lowest BCUT2D eigenvalue weighted by atomic mass is 10.2. The maximum Gasteiger partial charge on any atom is 0.119 e. The zero-order chi connectivity index (χ0) is 13.5. The summed E-state index contributed by atoms with van der Waals surface area (Å²) in [6.45, 7) is 3.51. The van der Waals surface area contributed by atoms with Gasteiger partial charge in [-0.25, -0.2) is 4.68 Å². The van der Waals surface area contributed by atoms with Gasteiger partial charge in [0.15, 0.2) is 0 Å². The van der Waals surface area contributed by atoms with Gasteiger partial charge in [-0.3, -0.25) is 0 Å². The zero-order valence-electron chi connectivity index (χ0n) is 11.1. The van der Waals surface area contributed by atoms with E-state index < -0.39 is 0 Å². The molecule has 0 radical (unpaired) electrons. The summed E-state index contributed by atoms with van der Waals surface area (Å²) in [4.78, 5) is 0. The Morgan fingerprint density at radius 1 is 1.26 bits per heavy atom. The predicted molar refractivity (Wildman–Crippen MR) is 72.1 cm³/mol. The standard InChI is InChI=1S/C14H19N3O2/c1-12-14(8-10-18)15-16-17(12)9-5-11-19-13-6-3-2-4-7-13/h2-4,6-7,18H,5,8-11H2,1H3. The molecule has 102 valence electrons. The molecule has 2 rings (SSSR count). The average Bonchev–Trinajstić information content (AvgIpc) is 2.78. The molecule has 0 aliphatic heterocycles. The molecule has 5 heteroatoms. The molecule has 2 aromatic rings. The highest BCUT2D eigenvalue weighted by molar-refractivity contribution is 5.20. The van der Waals surface area contributed by atoms with Crippen LogP contribution in [0.25, 0.3) is 0 Å². The molecule has 0 unspecified atom stereocenters. The molecular formula is C14H19N3O2. The van der Waals surface area contributed by atoms with E-state index in [0.717, 1.165) is 30.1 Å². The molecule has 0 bridgehead atoms. The van der Waals surface area contributed by atoms with Gasteiger partial charge in [0.2, 0.25) is 0 Å². The van der Waals surface area contributed by atoms with E-state index in [1.807, 2.05) is 41.9 Å². The highest BCUT2D eigenvalue weighted by Gasteiger charge is 2.07. The van der Waals surface area contributed by atoms with Crippen molar-refractivity contribution in [3.8, 4) is 5.75 Å².